The molecule has 0 saturated carbocycles. The van der Waals surface area contributed by atoms with E-state index >= 15 is 0 Å². The molecule has 0 aliphatic rings. The number of hydrogen-bond donors (Lipinski definition) is 1. The Morgan fingerprint density at radius 1 is 1.12 bits per heavy atom. The third-order valence-electron chi connectivity index (χ3n) is 5.00. The van der Waals surface area contributed by atoms with Gasteiger partial charge in [-0.2, -0.15) is 0 Å². The fraction of sp³-hybridized carbons (Fsp3) is 0.227. The lowest BCUT2D eigenvalue weighted by atomic mass is 10.2. The van der Waals surface area contributed by atoms with Gasteiger partial charge in [0.15, 0.2) is 0 Å². The molecule has 10 heteroatoms. The molecule has 4 aromatic rings. The fourth-order valence-electron chi connectivity index (χ4n) is 3.33. The maximum atomic E-state index is 13.0. The van der Waals surface area contributed by atoms with Crippen LogP contribution in [0.15, 0.2) is 62.5 Å². The zero-order valence-corrected chi connectivity index (χ0v) is 18.2. The Balaban J connectivity index is 1.59. The molecule has 0 spiro atoms. The number of carbonyl (C=O) groups excluding carboxylic acids is 1. The number of aromatic amines is 1. The zero-order chi connectivity index (χ0) is 22.8. The van der Waals surface area contributed by atoms with E-state index in [1.165, 1.54) is 4.90 Å². The summed E-state index contributed by atoms with van der Waals surface area (Å²) >= 11 is 6.18. The van der Waals surface area contributed by atoms with Crippen LogP contribution in [0.5, 0.6) is 0 Å². The van der Waals surface area contributed by atoms with E-state index in [0.29, 0.717) is 21.5 Å². The van der Waals surface area contributed by atoms with Gasteiger partial charge in [0.2, 0.25) is 17.7 Å². The van der Waals surface area contributed by atoms with Gasteiger partial charge in [-0.15, -0.1) is 10.2 Å². The van der Waals surface area contributed by atoms with Crippen LogP contribution in [0.25, 0.3) is 22.4 Å². The Kier molecular flexibility index (Phi) is 5.91. The molecule has 2 heterocycles. The van der Waals surface area contributed by atoms with Gasteiger partial charge in [0.25, 0.3) is 5.56 Å². The van der Waals surface area contributed by atoms with E-state index in [4.69, 9.17) is 16.0 Å². The number of nitrogens with one attached hydrogen (secondary N) is 1. The van der Waals surface area contributed by atoms with Crippen LogP contribution in [-0.2, 0) is 17.9 Å². The Labute approximate surface area is 187 Å². The molecular weight excluding hydrogens is 434 g/mol. The minimum atomic E-state index is -0.649. The summed E-state index contributed by atoms with van der Waals surface area (Å²) < 4.78 is 6.59. The van der Waals surface area contributed by atoms with Crippen molar-refractivity contribution in [3.63, 3.8) is 0 Å². The van der Waals surface area contributed by atoms with E-state index in [1.807, 2.05) is 13.8 Å². The van der Waals surface area contributed by atoms with Crippen LogP contribution in [-0.4, -0.2) is 36.6 Å². The van der Waals surface area contributed by atoms with Crippen LogP contribution in [0.4, 0.5) is 0 Å². The van der Waals surface area contributed by atoms with Gasteiger partial charge in [-0.3, -0.25) is 14.2 Å². The molecule has 0 atom stereocenters. The molecule has 0 bridgehead atoms. The summed E-state index contributed by atoms with van der Waals surface area (Å²) in [6.07, 6.45) is 0. The number of rotatable bonds is 6. The van der Waals surface area contributed by atoms with Crippen LogP contribution in [0, 0.1) is 0 Å². The highest BCUT2D eigenvalue weighted by atomic mass is 35.5. The summed E-state index contributed by atoms with van der Waals surface area (Å²) in [5.41, 5.74) is -0.167. The number of amides is 1. The first-order valence-electron chi connectivity index (χ1n) is 9.93. The lowest BCUT2D eigenvalue weighted by Gasteiger charge is -2.25. The fourth-order valence-corrected chi connectivity index (χ4v) is 3.55. The molecule has 2 aromatic heterocycles. The molecule has 0 radical (unpaired) electrons. The second-order valence-electron chi connectivity index (χ2n) is 7.46. The molecule has 164 valence electrons. The van der Waals surface area contributed by atoms with Crippen molar-refractivity contribution in [2.45, 2.75) is 33.0 Å². The predicted molar refractivity (Wildman–Crippen MR) is 119 cm³/mol. The van der Waals surface area contributed by atoms with Crippen LogP contribution in [0.2, 0.25) is 5.02 Å². The van der Waals surface area contributed by atoms with Crippen molar-refractivity contribution in [2.75, 3.05) is 0 Å². The smallest absolute Gasteiger partial charge is 0.329 e. The summed E-state index contributed by atoms with van der Waals surface area (Å²) in [6.45, 7) is 3.24. The van der Waals surface area contributed by atoms with Crippen LogP contribution in [0.1, 0.15) is 19.7 Å². The van der Waals surface area contributed by atoms with E-state index in [2.05, 4.69) is 15.2 Å². The number of hydrogen-bond acceptors (Lipinski definition) is 6. The third kappa shape index (κ3) is 4.19. The number of para-hydroxylation sites is 1. The second kappa shape index (κ2) is 8.80. The van der Waals surface area contributed by atoms with Gasteiger partial charge in [0.05, 0.1) is 28.0 Å². The van der Waals surface area contributed by atoms with E-state index in [9.17, 15) is 14.4 Å². The molecule has 1 N–H and O–H groups in total. The lowest BCUT2D eigenvalue weighted by molar-refractivity contribution is -0.134. The molecule has 0 aliphatic heterocycles. The van der Waals surface area contributed by atoms with Crippen molar-refractivity contribution in [2.24, 2.45) is 0 Å². The number of carbonyl (C=O) groups is 1. The summed E-state index contributed by atoms with van der Waals surface area (Å²) in [4.78, 5) is 42.3. The number of halogens is 1. The average molecular weight is 454 g/mol. The Morgan fingerprint density at radius 3 is 2.59 bits per heavy atom. The van der Waals surface area contributed by atoms with Gasteiger partial charge in [-0.05, 0) is 38.1 Å². The summed E-state index contributed by atoms with van der Waals surface area (Å²) in [6, 6.07) is 13.5. The van der Waals surface area contributed by atoms with Crippen LogP contribution in [0.3, 0.4) is 0 Å². The topological polar surface area (TPSA) is 114 Å². The van der Waals surface area contributed by atoms with Crippen molar-refractivity contribution in [1.82, 2.24) is 24.6 Å². The first kappa shape index (κ1) is 21.5. The van der Waals surface area contributed by atoms with Gasteiger partial charge in [-0.1, -0.05) is 35.9 Å². The van der Waals surface area contributed by atoms with Crippen molar-refractivity contribution in [3.05, 3.63) is 80.3 Å². The maximum Gasteiger partial charge on any atom is 0.329 e. The van der Waals surface area contributed by atoms with Crippen LogP contribution >= 0.6 is 11.6 Å². The van der Waals surface area contributed by atoms with Crippen molar-refractivity contribution >= 4 is 28.4 Å². The molecular formula is C22H20ClN5O4. The number of H-pyrrole nitrogens is 1. The molecule has 0 aliphatic carbocycles. The maximum absolute atomic E-state index is 13.0. The standard InChI is InChI=1S/C22H20ClN5O4/c1-13(2)27(11-18-25-26-20(32-18)14-7-3-5-9-16(14)23)19(29)12-28-21(30)15-8-4-6-10-17(15)24-22(28)31/h3-10,13H,11-12H2,1-2H3,(H,24,31). The molecule has 0 unspecified atom stereocenters. The highest BCUT2D eigenvalue weighted by Crippen LogP contribution is 2.26. The molecule has 4 rings (SSSR count). The summed E-state index contributed by atoms with van der Waals surface area (Å²) in [5, 5.41) is 8.83. The monoisotopic (exact) mass is 453 g/mol. The van der Waals surface area contributed by atoms with Crippen molar-refractivity contribution < 1.29 is 9.21 Å². The van der Waals surface area contributed by atoms with Gasteiger partial charge in [0, 0.05) is 6.04 Å². The predicted octanol–water partition coefficient (Wildman–Crippen LogP) is 2.83. The minimum absolute atomic E-state index is 0.0220. The molecule has 0 fully saturated rings. The molecule has 32 heavy (non-hydrogen) atoms. The van der Waals surface area contributed by atoms with E-state index in [-0.39, 0.29) is 24.4 Å². The molecule has 1 amide bonds. The van der Waals surface area contributed by atoms with E-state index in [0.717, 1.165) is 4.57 Å². The summed E-state index contributed by atoms with van der Waals surface area (Å²) in [7, 11) is 0. The number of nitrogens with zero attached hydrogens (tertiary/aromatic N) is 4. The average Bonchev–Trinajstić information content (AvgIpc) is 3.23. The van der Waals surface area contributed by atoms with Crippen molar-refractivity contribution in [1.29, 1.82) is 0 Å². The molecule has 2 aromatic carbocycles. The third-order valence-corrected chi connectivity index (χ3v) is 5.33. The minimum Gasteiger partial charge on any atom is -0.419 e. The largest absolute Gasteiger partial charge is 0.419 e. The Morgan fingerprint density at radius 2 is 1.84 bits per heavy atom. The molecule has 9 nitrogen and oxygen atoms in total. The van der Waals surface area contributed by atoms with Crippen LogP contribution < -0.4 is 11.2 Å². The zero-order valence-electron chi connectivity index (χ0n) is 17.4. The van der Waals surface area contributed by atoms with E-state index < -0.39 is 23.7 Å². The highest BCUT2D eigenvalue weighted by molar-refractivity contribution is 6.33. The first-order chi connectivity index (χ1) is 15.3. The molecule has 0 saturated heterocycles. The van der Waals surface area contributed by atoms with Gasteiger partial charge >= 0.3 is 5.69 Å². The van der Waals surface area contributed by atoms with Crippen molar-refractivity contribution in [3.8, 4) is 11.5 Å². The van der Waals surface area contributed by atoms with Gasteiger partial charge < -0.3 is 14.3 Å². The number of benzene rings is 2. The SMILES string of the molecule is CC(C)N(Cc1nnc(-c2ccccc2Cl)o1)C(=O)Cn1c(=O)[nH]c2ccccc2c1=O. The second-order valence-corrected chi connectivity index (χ2v) is 7.87. The number of aromatic nitrogens is 4. The number of fused-ring (bicyclic) bond motifs is 1. The highest BCUT2D eigenvalue weighted by Gasteiger charge is 2.23. The van der Waals surface area contributed by atoms with Gasteiger partial charge in [0.1, 0.15) is 6.54 Å². The van der Waals surface area contributed by atoms with Gasteiger partial charge in [-0.25, -0.2) is 4.79 Å². The van der Waals surface area contributed by atoms with E-state index in [1.54, 1.807) is 48.5 Å². The first-order valence-corrected chi connectivity index (χ1v) is 10.3. The normalized spacial score (nSPS) is 11.2. The quantitative estimate of drug-likeness (QED) is 0.480. The summed E-state index contributed by atoms with van der Waals surface area (Å²) in [5.74, 6) is 0.0195. The lowest BCUT2D eigenvalue weighted by Crippen LogP contribution is -2.44. The Hall–Kier alpha value is -3.72. The Bertz CT molecular complexity index is 1410.